The van der Waals surface area contributed by atoms with Crippen LogP contribution in [0.25, 0.3) is 6.08 Å². The van der Waals surface area contributed by atoms with Crippen molar-refractivity contribution in [1.29, 1.82) is 5.26 Å². The summed E-state index contributed by atoms with van der Waals surface area (Å²) in [6.07, 6.45) is 3.90. The van der Waals surface area contributed by atoms with E-state index in [0.717, 1.165) is 18.4 Å². The van der Waals surface area contributed by atoms with Crippen LogP contribution in [0.2, 0.25) is 0 Å². The minimum atomic E-state index is 0.896. The average molecular weight is 199 g/mol. The van der Waals surface area contributed by atoms with Gasteiger partial charge in [0, 0.05) is 5.57 Å². The lowest BCUT2D eigenvalue weighted by Crippen LogP contribution is -1.98. The van der Waals surface area contributed by atoms with Gasteiger partial charge in [-0.25, -0.2) is 0 Å². The molecule has 0 spiro atoms. The topological polar surface area (TPSA) is 23.8 Å². The first kappa shape index (κ1) is 11.5. The molecule has 1 aliphatic rings. The quantitative estimate of drug-likeness (QED) is 0.622. The highest BCUT2D eigenvalue weighted by Crippen LogP contribution is 2.24. The van der Waals surface area contributed by atoms with Gasteiger partial charge in [0.05, 0.1) is 6.07 Å². The van der Waals surface area contributed by atoms with Crippen LogP contribution in [0, 0.1) is 18.3 Å². The Kier molecular flexibility index (Phi) is 4.12. The van der Waals surface area contributed by atoms with Crippen molar-refractivity contribution >= 4 is 6.08 Å². The Morgan fingerprint density at radius 2 is 1.93 bits per heavy atom. The lowest BCUT2D eigenvalue weighted by molar-refractivity contribution is 0.951. The Labute approximate surface area is 92.1 Å². The highest BCUT2D eigenvalue weighted by Gasteiger charge is 2.09. The fourth-order valence-electron chi connectivity index (χ4n) is 1.71. The van der Waals surface area contributed by atoms with Crippen molar-refractivity contribution in [3.05, 3.63) is 40.5 Å². The van der Waals surface area contributed by atoms with Crippen LogP contribution in [0.4, 0.5) is 0 Å². The summed E-state index contributed by atoms with van der Waals surface area (Å²) < 4.78 is 0. The molecule has 0 atom stereocenters. The first-order chi connectivity index (χ1) is 7.29. The van der Waals surface area contributed by atoms with Gasteiger partial charge in [0.1, 0.15) is 0 Å². The van der Waals surface area contributed by atoms with Crippen molar-refractivity contribution in [2.24, 2.45) is 0 Å². The van der Waals surface area contributed by atoms with E-state index in [9.17, 15) is 0 Å². The Hall–Kier alpha value is -1.55. The van der Waals surface area contributed by atoms with Gasteiger partial charge in [0.25, 0.3) is 0 Å². The molecule has 15 heavy (non-hydrogen) atoms. The summed E-state index contributed by atoms with van der Waals surface area (Å²) >= 11 is 0. The molecule has 1 aromatic carbocycles. The summed E-state index contributed by atoms with van der Waals surface area (Å²) in [6.45, 7) is 6.10. The molecule has 1 heteroatoms. The van der Waals surface area contributed by atoms with Gasteiger partial charge < -0.3 is 0 Å². The van der Waals surface area contributed by atoms with Crippen LogP contribution in [0.3, 0.4) is 0 Å². The van der Waals surface area contributed by atoms with Gasteiger partial charge in [0.15, 0.2) is 0 Å². The summed E-state index contributed by atoms with van der Waals surface area (Å²) in [5.74, 6) is 0. The molecule has 1 nitrogen and oxygen atoms in total. The first-order valence-electron chi connectivity index (χ1n) is 5.50. The molecule has 0 saturated carbocycles. The SMILES string of the molecule is CC.Cc1ccc2c(c1)CCC(C#N)=C2. The third-order valence-corrected chi connectivity index (χ3v) is 2.44. The van der Waals surface area contributed by atoms with Gasteiger partial charge in [-0.2, -0.15) is 5.26 Å². The number of fused-ring (bicyclic) bond motifs is 1. The third kappa shape index (κ3) is 2.70. The second-order valence-electron chi connectivity index (χ2n) is 3.48. The predicted octanol–water partition coefficient (Wildman–Crippen LogP) is 3.87. The van der Waals surface area contributed by atoms with Crippen molar-refractivity contribution in [2.75, 3.05) is 0 Å². The number of nitrogens with zero attached hydrogens (tertiary/aromatic N) is 1. The van der Waals surface area contributed by atoms with Crippen LogP contribution in [-0.4, -0.2) is 0 Å². The molecule has 0 fully saturated rings. The van der Waals surface area contributed by atoms with Crippen LogP contribution in [0.1, 0.15) is 37.0 Å². The molecule has 0 unspecified atom stereocenters. The largest absolute Gasteiger partial charge is 0.193 e. The molecule has 1 aromatic rings. The van der Waals surface area contributed by atoms with Gasteiger partial charge in [-0.3, -0.25) is 0 Å². The van der Waals surface area contributed by atoms with Crippen LogP contribution >= 0.6 is 0 Å². The van der Waals surface area contributed by atoms with Crippen molar-refractivity contribution in [3.63, 3.8) is 0 Å². The zero-order chi connectivity index (χ0) is 11.3. The monoisotopic (exact) mass is 199 g/mol. The Balaban J connectivity index is 0.000000531. The average Bonchev–Trinajstić information content (AvgIpc) is 2.31. The van der Waals surface area contributed by atoms with E-state index >= 15 is 0 Å². The number of hydrogen-bond donors (Lipinski definition) is 0. The molecule has 0 aliphatic heterocycles. The van der Waals surface area contributed by atoms with Crippen LogP contribution in [0.15, 0.2) is 23.8 Å². The molecule has 0 bridgehead atoms. The number of rotatable bonds is 0. The van der Waals surface area contributed by atoms with E-state index in [1.807, 2.05) is 19.9 Å². The van der Waals surface area contributed by atoms with Crippen molar-refractivity contribution in [1.82, 2.24) is 0 Å². The number of nitriles is 1. The third-order valence-electron chi connectivity index (χ3n) is 2.44. The van der Waals surface area contributed by atoms with Crippen molar-refractivity contribution in [2.45, 2.75) is 33.6 Å². The Morgan fingerprint density at radius 1 is 1.20 bits per heavy atom. The molecule has 78 valence electrons. The highest BCUT2D eigenvalue weighted by molar-refractivity contribution is 5.63. The summed E-state index contributed by atoms with van der Waals surface area (Å²) in [4.78, 5) is 0. The Bertz CT molecular complexity index is 408. The van der Waals surface area contributed by atoms with E-state index in [1.165, 1.54) is 16.7 Å². The van der Waals surface area contributed by atoms with Gasteiger partial charge in [-0.1, -0.05) is 37.6 Å². The molecule has 0 amide bonds. The second kappa shape index (κ2) is 5.36. The van der Waals surface area contributed by atoms with Crippen molar-refractivity contribution in [3.8, 4) is 6.07 Å². The number of aryl methyl sites for hydroxylation is 2. The van der Waals surface area contributed by atoms with E-state index < -0.39 is 0 Å². The van der Waals surface area contributed by atoms with Crippen LogP contribution in [0.5, 0.6) is 0 Å². The van der Waals surface area contributed by atoms with Gasteiger partial charge in [0.2, 0.25) is 0 Å². The first-order valence-corrected chi connectivity index (χ1v) is 5.50. The van der Waals surface area contributed by atoms with Gasteiger partial charge in [-0.15, -0.1) is 0 Å². The Morgan fingerprint density at radius 3 is 2.60 bits per heavy atom. The van der Waals surface area contributed by atoms with E-state index in [1.54, 1.807) is 0 Å². The minimum absolute atomic E-state index is 0.896. The van der Waals surface area contributed by atoms with Crippen LogP contribution < -0.4 is 0 Å². The zero-order valence-corrected chi connectivity index (χ0v) is 9.67. The predicted molar refractivity (Wildman–Crippen MR) is 64.4 cm³/mol. The maximum atomic E-state index is 8.75. The maximum Gasteiger partial charge on any atom is 0.0947 e. The smallest absolute Gasteiger partial charge is 0.0947 e. The molecule has 1 aliphatic carbocycles. The van der Waals surface area contributed by atoms with E-state index in [-0.39, 0.29) is 0 Å². The molecule has 0 aromatic heterocycles. The number of hydrogen-bond acceptors (Lipinski definition) is 1. The standard InChI is InChI=1S/C12H11N.C2H6/c1-9-2-4-12-7-10(8-13)3-5-11(12)6-9;1-2/h2,4,6-7H,3,5H2,1H3;1-2H3. The summed E-state index contributed by atoms with van der Waals surface area (Å²) in [5, 5.41) is 8.75. The van der Waals surface area contributed by atoms with Crippen molar-refractivity contribution < 1.29 is 0 Å². The molecule has 0 heterocycles. The van der Waals surface area contributed by atoms with Crippen LogP contribution in [-0.2, 0) is 6.42 Å². The molecule has 0 N–H and O–H groups in total. The highest BCUT2D eigenvalue weighted by atomic mass is 14.3. The second-order valence-corrected chi connectivity index (χ2v) is 3.48. The molecule has 0 saturated heterocycles. The lowest BCUT2D eigenvalue weighted by atomic mass is 9.92. The summed E-state index contributed by atoms with van der Waals surface area (Å²) in [5.41, 5.74) is 4.79. The normalized spacial score (nSPS) is 12.8. The maximum absolute atomic E-state index is 8.75. The van der Waals surface area contributed by atoms with E-state index in [4.69, 9.17) is 5.26 Å². The van der Waals surface area contributed by atoms with Gasteiger partial charge in [-0.05, 0) is 37.0 Å². The molecule has 0 radical (unpaired) electrons. The zero-order valence-electron chi connectivity index (χ0n) is 9.67. The van der Waals surface area contributed by atoms with Gasteiger partial charge >= 0.3 is 0 Å². The fraction of sp³-hybridized carbons (Fsp3) is 0.357. The summed E-state index contributed by atoms with van der Waals surface area (Å²) in [6, 6.07) is 8.62. The number of benzene rings is 1. The molecule has 2 rings (SSSR count). The molecular weight excluding hydrogens is 182 g/mol. The lowest BCUT2D eigenvalue weighted by Gasteiger charge is -2.12. The minimum Gasteiger partial charge on any atom is -0.193 e. The number of allylic oxidation sites excluding steroid dienone is 1. The fourth-order valence-corrected chi connectivity index (χ4v) is 1.71. The van der Waals surface area contributed by atoms with E-state index in [2.05, 4.69) is 31.2 Å². The summed E-state index contributed by atoms with van der Waals surface area (Å²) in [7, 11) is 0. The molecular formula is C14H17N. The van der Waals surface area contributed by atoms with E-state index in [0.29, 0.717) is 0 Å².